The molecule has 4 aliphatic carbocycles. The van der Waals surface area contributed by atoms with Crippen LogP contribution in [0.2, 0.25) is 0 Å². The summed E-state index contributed by atoms with van der Waals surface area (Å²) in [6.07, 6.45) is 7.76. The number of ketones is 2. The fourth-order valence-electron chi connectivity index (χ4n) is 9.29. The van der Waals surface area contributed by atoms with Crippen molar-refractivity contribution in [3.05, 3.63) is 54.1 Å². The number of benzene rings is 1. The number of thioether (sulfide) groups is 1. The third kappa shape index (κ3) is 3.41. The first-order chi connectivity index (χ1) is 18.1. The average Bonchev–Trinajstić information content (AvgIpc) is 3.38. The number of hydroxylamine groups is 2. The van der Waals surface area contributed by atoms with Gasteiger partial charge in [-0.15, -0.1) is 11.8 Å². The fraction of sp³-hybridized carbons (Fsp3) is 0.613. The molecule has 1 aromatic carbocycles. The molecule has 5 aliphatic rings. The van der Waals surface area contributed by atoms with Crippen molar-refractivity contribution < 1.29 is 24.6 Å². The highest BCUT2D eigenvalue weighted by Crippen LogP contribution is 2.74. The Morgan fingerprint density at radius 3 is 2.68 bits per heavy atom. The molecule has 0 unspecified atom stereocenters. The normalized spacial score (nSPS) is 43.7. The number of nitrogens with zero attached hydrogens (tertiary/aromatic N) is 1. The van der Waals surface area contributed by atoms with Gasteiger partial charge in [0.05, 0.1) is 6.10 Å². The topological polar surface area (TPSA) is 87.1 Å². The Hall–Kier alpha value is -1.77. The van der Waals surface area contributed by atoms with Crippen LogP contribution in [0.1, 0.15) is 46.5 Å². The van der Waals surface area contributed by atoms with Gasteiger partial charge in [0, 0.05) is 45.9 Å². The zero-order valence-electron chi connectivity index (χ0n) is 22.6. The lowest BCUT2D eigenvalue weighted by atomic mass is 9.39. The van der Waals surface area contributed by atoms with Gasteiger partial charge in [-0.25, -0.2) is 0 Å². The summed E-state index contributed by atoms with van der Waals surface area (Å²) in [6.45, 7) is 7.28. The van der Waals surface area contributed by atoms with Crippen LogP contribution in [-0.4, -0.2) is 64.0 Å². The summed E-state index contributed by atoms with van der Waals surface area (Å²) in [4.78, 5) is 33.7. The molecule has 7 heteroatoms. The van der Waals surface area contributed by atoms with Crippen LogP contribution in [0.3, 0.4) is 0 Å². The van der Waals surface area contributed by atoms with E-state index in [0.29, 0.717) is 19.5 Å². The zero-order chi connectivity index (χ0) is 26.9. The molecule has 1 aromatic rings. The average molecular weight is 538 g/mol. The molecule has 1 aliphatic heterocycles. The predicted molar refractivity (Wildman–Crippen MR) is 146 cm³/mol. The molecule has 2 N–H and O–H groups in total. The van der Waals surface area contributed by atoms with Crippen LogP contribution in [0.4, 0.5) is 0 Å². The summed E-state index contributed by atoms with van der Waals surface area (Å²) in [5.41, 5.74) is -1.45. The summed E-state index contributed by atoms with van der Waals surface area (Å²) in [6, 6.07) is 10.3. The predicted octanol–water partition coefficient (Wildman–Crippen LogP) is 4.22. The summed E-state index contributed by atoms with van der Waals surface area (Å²) in [5.74, 6) is 0.935. The van der Waals surface area contributed by atoms with Crippen LogP contribution in [-0.2, 0) is 14.4 Å². The van der Waals surface area contributed by atoms with Gasteiger partial charge in [-0.05, 0) is 61.8 Å². The number of carbonyl (C=O) groups is 2. The Morgan fingerprint density at radius 1 is 1.18 bits per heavy atom. The van der Waals surface area contributed by atoms with Crippen molar-refractivity contribution in [1.82, 2.24) is 5.06 Å². The van der Waals surface area contributed by atoms with Gasteiger partial charge in [0.25, 0.3) is 0 Å². The fourth-order valence-corrected chi connectivity index (χ4v) is 10.2. The van der Waals surface area contributed by atoms with Crippen LogP contribution < -0.4 is 0 Å². The van der Waals surface area contributed by atoms with E-state index >= 15 is 0 Å². The second kappa shape index (κ2) is 9.13. The Morgan fingerprint density at radius 2 is 1.95 bits per heavy atom. The van der Waals surface area contributed by atoms with Gasteiger partial charge in [0.1, 0.15) is 6.61 Å². The minimum atomic E-state index is -1.12. The molecule has 3 saturated carbocycles. The minimum absolute atomic E-state index is 0.0245. The molecule has 4 fully saturated rings. The molecule has 38 heavy (non-hydrogen) atoms. The Labute approximate surface area is 229 Å². The van der Waals surface area contributed by atoms with Crippen LogP contribution >= 0.6 is 11.8 Å². The van der Waals surface area contributed by atoms with E-state index in [1.165, 1.54) is 4.90 Å². The van der Waals surface area contributed by atoms with E-state index in [1.807, 2.05) is 29.3 Å². The van der Waals surface area contributed by atoms with Crippen molar-refractivity contribution in [1.29, 1.82) is 0 Å². The summed E-state index contributed by atoms with van der Waals surface area (Å²) in [7, 11) is 0. The van der Waals surface area contributed by atoms with Crippen molar-refractivity contribution >= 4 is 23.3 Å². The summed E-state index contributed by atoms with van der Waals surface area (Å²) >= 11 is 1.76. The molecule has 0 aromatic heterocycles. The van der Waals surface area contributed by atoms with Gasteiger partial charge in [0.2, 0.25) is 0 Å². The first-order valence-corrected chi connectivity index (χ1v) is 15.0. The number of allylic oxidation sites excluding steroid dienone is 4. The van der Waals surface area contributed by atoms with Gasteiger partial charge in [0.15, 0.2) is 17.2 Å². The molecular weight excluding hydrogens is 498 g/mol. The highest BCUT2D eigenvalue weighted by molar-refractivity contribution is 7.99. The first kappa shape index (κ1) is 26.5. The maximum absolute atomic E-state index is 13.6. The number of fused-ring (bicyclic) bond motifs is 7. The first-order valence-electron chi connectivity index (χ1n) is 14.0. The molecule has 0 radical (unpaired) electrons. The SMILES string of the molecule is C[C@]12[C@@H](O)C[C@@]3(C)[C@@H](C[C@H]4CN(CCSc5ccccc5)O[C@]43C(=O)CO)[C@@H]1CCC1=CC(=O)C=C[C@@]12C. The second-order valence-electron chi connectivity index (χ2n) is 12.7. The molecule has 204 valence electrons. The van der Waals surface area contributed by atoms with E-state index < -0.39 is 34.6 Å². The molecule has 0 amide bonds. The molecular formula is C31H39NO5S. The number of aliphatic hydroxyl groups excluding tert-OH is 2. The summed E-state index contributed by atoms with van der Waals surface area (Å²) in [5, 5.41) is 24.1. The van der Waals surface area contributed by atoms with Crippen LogP contribution in [0.5, 0.6) is 0 Å². The lowest BCUT2D eigenvalue weighted by Crippen LogP contribution is -2.67. The third-order valence-electron chi connectivity index (χ3n) is 11.4. The minimum Gasteiger partial charge on any atom is -0.392 e. The molecule has 8 atom stereocenters. The van der Waals surface area contributed by atoms with Crippen molar-refractivity contribution in [2.45, 2.75) is 63.1 Å². The van der Waals surface area contributed by atoms with Gasteiger partial charge in [-0.1, -0.05) is 50.6 Å². The van der Waals surface area contributed by atoms with E-state index in [2.05, 4.69) is 32.9 Å². The van der Waals surface area contributed by atoms with Crippen molar-refractivity contribution in [2.75, 3.05) is 25.4 Å². The molecule has 1 heterocycles. The van der Waals surface area contributed by atoms with E-state index in [4.69, 9.17) is 4.84 Å². The smallest absolute Gasteiger partial charge is 0.192 e. The molecule has 0 bridgehead atoms. The van der Waals surface area contributed by atoms with Crippen molar-refractivity contribution in [2.24, 2.45) is 34.0 Å². The van der Waals surface area contributed by atoms with Crippen molar-refractivity contribution in [3.63, 3.8) is 0 Å². The van der Waals surface area contributed by atoms with Gasteiger partial charge >= 0.3 is 0 Å². The molecule has 1 saturated heterocycles. The molecule has 0 spiro atoms. The number of Topliss-reactive ketones (excluding diaryl/α,β-unsaturated/α-hetero) is 1. The van der Waals surface area contributed by atoms with Gasteiger partial charge < -0.3 is 10.2 Å². The third-order valence-corrected chi connectivity index (χ3v) is 12.4. The Bertz CT molecular complexity index is 1200. The molecule has 6 rings (SSSR count). The zero-order valence-corrected chi connectivity index (χ0v) is 23.4. The number of hydrogen-bond donors (Lipinski definition) is 2. The largest absolute Gasteiger partial charge is 0.392 e. The number of rotatable bonds is 6. The molecule has 6 nitrogen and oxygen atoms in total. The van der Waals surface area contributed by atoms with Gasteiger partial charge in [-0.2, -0.15) is 5.06 Å². The number of carbonyl (C=O) groups excluding carboxylic acids is 2. The van der Waals surface area contributed by atoms with E-state index in [9.17, 15) is 19.8 Å². The quantitative estimate of drug-likeness (QED) is 0.526. The standard InChI is InChI=1S/C31H39NO5S/c1-28-12-11-22(34)15-20(28)9-10-24-25-16-21-18-32(13-14-38-23-7-5-4-6-8-23)37-31(21,27(36)19-33)29(25,2)17-26(35)30(24,28)3/h4-8,11-12,15,21,24-26,33,35H,9-10,13-14,16-19H2,1-3H3/t21-,24-,25-,26-,28-,29-,30+,31-/m0/s1. The van der Waals surface area contributed by atoms with Gasteiger partial charge in [-0.3, -0.25) is 14.4 Å². The monoisotopic (exact) mass is 537 g/mol. The maximum Gasteiger partial charge on any atom is 0.192 e. The van der Waals surface area contributed by atoms with Crippen molar-refractivity contribution in [3.8, 4) is 0 Å². The number of hydrogen-bond acceptors (Lipinski definition) is 7. The van der Waals surface area contributed by atoms with E-state index in [-0.39, 0.29) is 29.3 Å². The number of aliphatic hydroxyl groups is 2. The highest BCUT2D eigenvalue weighted by atomic mass is 32.2. The Kier molecular flexibility index (Phi) is 6.36. The van der Waals surface area contributed by atoms with E-state index in [0.717, 1.165) is 30.6 Å². The van der Waals surface area contributed by atoms with E-state index in [1.54, 1.807) is 23.9 Å². The lowest BCUT2D eigenvalue weighted by molar-refractivity contribution is -0.260. The van der Waals surface area contributed by atoms with Crippen LogP contribution in [0.15, 0.2) is 59.0 Å². The second-order valence-corrected chi connectivity index (χ2v) is 13.8. The maximum atomic E-state index is 13.6. The highest BCUT2D eigenvalue weighted by Gasteiger charge is 2.77. The lowest BCUT2D eigenvalue weighted by Gasteiger charge is -2.65. The van der Waals surface area contributed by atoms with Crippen LogP contribution in [0, 0.1) is 34.0 Å². The summed E-state index contributed by atoms with van der Waals surface area (Å²) < 4.78 is 0. The Balaban J connectivity index is 1.30. The van der Waals surface area contributed by atoms with Crippen LogP contribution in [0.25, 0.3) is 0 Å².